The molecule has 0 aromatic rings. The fourth-order valence-corrected chi connectivity index (χ4v) is 4.16. The van der Waals surface area contributed by atoms with Crippen LogP contribution in [-0.2, 0) is 32.6 Å². The van der Waals surface area contributed by atoms with E-state index in [2.05, 4.69) is 6.92 Å². The van der Waals surface area contributed by atoms with Crippen LogP contribution >= 0.6 is 7.82 Å². The summed E-state index contributed by atoms with van der Waals surface area (Å²) in [5.41, 5.74) is 0. The highest BCUT2D eigenvalue weighted by Crippen LogP contribution is 2.43. The molecule has 0 aliphatic carbocycles. The summed E-state index contributed by atoms with van der Waals surface area (Å²) in [4.78, 5) is 9.95. The first-order chi connectivity index (χ1) is 15.6. The normalized spacial score (nSPS) is 21.6. The van der Waals surface area contributed by atoms with Crippen molar-refractivity contribution >= 4 is 7.82 Å². The maximum atomic E-state index is 12.2. The van der Waals surface area contributed by atoms with Crippen LogP contribution in [0.2, 0.25) is 0 Å². The van der Waals surface area contributed by atoms with E-state index >= 15 is 0 Å². The van der Waals surface area contributed by atoms with Gasteiger partial charge in [-0.05, 0) is 19.3 Å². The lowest BCUT2D eigenvalue weighted by Gasteiger charge is -2.20. The van der Waals surface area contributed by atoms with E-state index in [-0.39, 0.29) is 19.3 Å². The molecular formula is C23H47O8P. The predicted molar refractivity (Wildman–Crippen MR) is 125 cm³/mol. The predicted octanol–water partition coefficient (Wildman–Crippen LogP) is 5.27. The average molecular weight is 483 g/mol. The highest BCUT2D eigenvalue weighted by atomic mass is 31.2. The van der Waals surface area contributed by atoms with Crippen molar-refractivity contribution in [2.45, 2.75) is 90.1 Å². The van der Waals surface area contributed by atoms with E-state index in [0.717, 1.165) is 25.7 Å². The van der Waals surface area contributed by atoms with Crippen LogP contribution in [0.1, 0.15) is 84.0 Å². The van der Waals surface area contributed by atoms with Gasteiger partial charge in [0.05, 0.1) is 45.7 Å². The number of hydrogen-bond donors (Lipinski definition) is 1. The summed E-state index contributed by atoms with van der Waals surface area (Å²) < 4.78 is 44.7. The highest BCUT2D eigenvalue weighted by Gasteiger charge is 2.23. The Morgan fingerprint density at radius 2 is 1.31 bits per heavy atom. The Morgan fingerprint density at radius 1 is 0.750 bits per heavy atom. The first kappa shape index (κ1) is 30.0. The summed E-state index contributed by atoms with van der Waals surface area (Å²) in [6, 6.07) is 0. The van der Waals surface area contributed by atoms with E-state index in [1.165, 1.54) is 44.9 Å². The Hall–Kier alpha value is -0.0500. The molecule has 0 bridgehead atoms. The molecule has 0 radical (unpaired) electrons. The van der Waals surface area contributed by atoms with Crippen molar-refractivity contribution in [2.75, 3.05) is 59.5 Å². The van der Waals surface area contributed by atoms with Crippen molar-refractivity contribution in [3.8, 4) is 0 Å². The first-order valence-electron chi connectivity index (χ1n) is 12.6. The summed E-state index contributed by atoms with van der Waals surface area (Å²) in [6.07, 6.45) is 13.0. The van der Waals surface area contributed by atoms with Crippen LogP contribution in [0.25, 0.3) is 0 Å². The number of hydrogen-bond acceptors (Lipinski definition) is 7. The zero-order valence-corrected chi connectivity index (χ0v) is 21.1. The van der Waals surface area contributed by atoms with E-state index in [0.29, 0.717) is 52.7 Å². The van der Waals surface area contributed by atoms with Crippen LogP contribution in [0.15, 0.2) is 0 Å². The zero-order chi connectivity index (χ0) is 23.2. The molecule has 192 valence electrons. The Morgan fingerprint density at radius 3 is 1.97 bits per heavy atom. The van der Waals surface area contributed by atoms with Crippen LogP contribution in [0.4, 0.5) is 0 Å². The largest absolute Gasteiger partial charge is 0.472 e. The summed E-state index contributed by atoms with van der Waals surface area (Å²) in [5.74, 6) is 0. The molecule has 9 heteroatoms. The van der Waals surface area contributed by atoms with Crippen LogP contribution < -0.4 is 0 Å². The van der Waals surface area contributed by atoms with E-state index in [1.807, 2.05) is 0 Å². The Kier molecular flexibility index (Phi) is 20.1. The third kappa shape index (κ3) is 19.4. The standard InChI is InChI=1S/C23H47O8P/c1-2-3-4-5-6-7-8-9-10-11-16-30-32(24,25)31-22-23-13-17-28-19-18-26-14-12-15-27-20-21-29-23/h23H,2-22H2,1H3,(H,24,25). The SMILES string of the molecule is CCCCCCCCCCCCOP(=O)(O)OCC1CCOCCOCCCOCCO1. The van der Waals surface area contributed by atoms with Gasteiger partial charge in [-0.1, -0.05) is 64.7 Å². The van der Waals surface area contributed by atoms with Gasteiger partial charge >= 0.3 is 7.82 Å². The third-order valence-electron chi connectivity index (χ3n) is 5.29. The zero-order valence-electron chi connectivity index (χ0n) is 20.2. The van der Waals surface area contributed by atoms with E-state index in [4.69, 9.17) is 28.0 Å². The van der Waals surface area contributed by atoms with Crippen LogP contribution in [0.3, 0.4) is 0 Å². The molecular weight excluding hydrogens is 435 g/mol. The summed E-state index contributed by atoms with van der Waals surface area (Å²) in [6.45, 7) is 6.08. The fourth-order valence-electron chi connectivity index (χ4n) is 3.37. The second-order valence-electron chi connectivity index (χ2n) is 8.25. The van der Waals surface area contributed by atoms with Crippen LogP contribution in [-0.4, -0.2) is 70.5 Å². The topological polar surface area (TPSA) is 92.7 Å². The van der Waals surface area contributed by atoms with Gasteiger partial charge in [-0.3, -0.25) is 9.05 Å². The molecule has 0 aromatic heterocycles. The molecule has 1 N–H and O–H groups in total. The van der Waals surface area contributed by atoms with E-state index in [9.17, 15) is 9.46 Å². The van der Waals surface area contributed by atoms with Gasteiger partial charge in [-0.2, -0.15) is 0 Å². The molecule has 0 spiro atoms. The van der Waals surface area contributed by atoms with Crippen molar-refractivity contribution in [1.29, 1.82) is 0 Å². The minimum atomic E-state index is -4.08. The minimum absolute atomic E-state index is 0.0222. The van der Waals surface area contributed by atoms with Gasteiger partial charge in [-0.15, -0.1) is 0 Å². The van der Waals surface area contributed by atoms with Gasteiger partial charge in [0.2, 0.25) is 0 Å². The molecule has 2 atom stereocenters. The van der Waals surface area contributed by atoms with Crippen molar-refractivity contribution in [2.24, 2.45) is 0 Å². The van der Waals surface area contributed by atoms with Gasteiger partial charge in [-0.25, -0.2) is 4.57 Å². The maximum absolute atomic E-state index is 12.2. The lowest BCUT2D eigenvalue weighted by Crippen LogP contribution is -2.24. The lowest BCUT2D eigenvalue weighted by atomic mass is 10.1. The molecule has 0 amide bonds. The van der Waals surface area contributed by atoms with Gasteiger partial charge in [0.25, 0.3) is 0 Å². The van der Waals surface area contributed by atoms with Crippen molar-refractivity contribution in [3.63, 3.8) is 0 Å². The van der Waals surface area contributed by atoms with Crippen LogP contribution in [0.5, 0.6) is 0 Å². The second-order valence-corrected chi connectivity index (χ2v) is 9.71. The average Bonchev–Trinajstić information content (AvgIpc) is 2.78. The van der Waals surface area contributed by atoms with Gasteiger partial charge in [0.15, 0.2) is 0 Å². The second kappa shape index (κ2) is 21.5. The van der Waals surface area contributed by atoms with Gasteiger partial charge < -0.3 is 23.8 Å². The fraction of sp³-hybridized carbons (Fsp3) is 1.00. The molecule has 1 saturated heterocycles. The molecule has 1 heterocycles. The molecule has 1 rings (SSSR count). The Balaban J connectivity index is 2.11. The maximum Gasteiger partial charge on any atom is 0.472 e. The summed E-state index contributed by atoms with van der Waals surface area (Å²) in [7, 11) is -4.08. The molecule has 1 aliphatic heterocycles. The molecule has 2 unspecified atom stereocenters. The van der Waals surface area contributed by atoms with Crippen molar-refractivity contribution in [1.82, 2.24) is 0 Å². The lowest BCUT2D eigenvalue weighted by molar-refractivity contribution is -0.0453. The van der Waals surface area contributed by atoms with Gasteiger partial charge in [0, 0.05) is 19.8 Å². The number of unbranched alkanes of at least 4 members (excludes halogenated alkanes) is 9. The number of ether oxygens (including phenoxy) is 4. The first-order valence-corrected chi connectivity index (χ1v) is 14.1. The number of rotatable bonds is 15. The molecule has 0 saturated carbocycles. The van der Waals surface area contributed by atoms with Crippen molar-refractivity contribution < 1.29 is 37.5 Å². The number of phosphoric ester groups is 1. The third-order valence-corrected chi connectivity index (χ3v) is 6.27. The molecule has 32 heavy (non-hydrogen) atoms. The summed E-state index contributed by atoms with van der Waals surface area (Å²) in [5, 5.41) is 0. The molecule has 0 aromatic carbocycles. The quantitative estimate of drug-likeness (QED) is 0.249. The van der Waals surface area contributed by atoms with E-state index in [1.54, 1.807) is 0 Å². The number of phosphoric acid groups is 1. The Labute approximate surface area is 195 Å². The Bertz CT molecular complexity index is 438. The summed E-state index contributed by atoms with van der Waals surface area (Å²) >= 11 is 0. The smallest absolute Gasteiger partial charge is 0.379 e. The highest BCUT2D eigenvalue weighted by molar-refractivity contribution is 7.47. The van der Waals surface area contributed by atoms with Gasteiger partial charge in [0.1, 0.15) is 0 Å². The van der Waals surface area contributed by atoms with Crippen LogP contribution in [0, 0.1) is 0 Å². The molecule has 1 fully saturated rings. The molecule has 8 nitrogen and oxygen atoms in total. The van der Waals surface area contributed by atoms with Crippen molar-refractivity contribution in [3.05, 3.63) is 0 Å². The minimum Gasteiger partial charge on any atom is -0.379 e. The molecule has 1 aliphatic rings. The monoisotopic (exact) mass is 482 g/mol. The van der Waals surface area contributed by atoms with E-state index < -0.39 is 7.82 Å².